The molecule has 9 N–H and O–H groups in total. The van der Waals surface area contributed by atoms with E-state index in [4.69, 9.17) is 10.2 Å². The minimum absolute atomic E-state index is 0.801. The van der Waals surface area contributed by atoms with Crippen LogP contribution in [0.2, 0.25) is 0 Å². The summed E-state index contributed by atoms with van der Waals surface area (Å²) in [5.41, 5.74) is -2.69. The zero-order valence-corrected chi connectivity index (χ0v) is 9.10. The van der Waals surface area contributed by atoms with Gasteiger partial charge in [0.15, 0.2) is 23.5 Å². The van der Waals surface area contributed by atoms with Crippen LogP contribution in [0.3, 0.4) is 0 Å². The van der Waals surface area contributed by atoms with Crippen LogP contribution in [0.15, 0.2) is 5.76 Å². The highest BCUT2D eigenvalue weighted by Crippen LogP contribution is 2.54. The number of aromatic hydroxyl groups is 3. The highest BCUT2D eigenvalue weighted by Gasteiger charge is 2.49. The lowest BCUT2D eigenvalue weighted by atomic mass is 9.96. The van der Waals surface area contributed by atoms with Gasteiger partial charge in [-0.3, -0.25) is 0 Å². The van der Waals surface area contributed by atoms with Gasteiger partial charge in [-0.1, -0.05) is 0 Å². The van der Waals surface area contributed by atoms with E-state index in [1.54, 1.807) is 0 Å². The van der Waals surface area contributed by atoms with E-state index in [9.17, 15) is 35.7 Å². The van der Waals surface area contributed by atoms with E-state index in [0.29, 0.717) is 0 Å². The van der Waals surface area contributed by atoms with Gasteiger partial charge in [0.2, 0.25) is 11.5 Å². The first-order chi connectivity index (χ1) is 8.62. The van der Waals surface area contributed by atoms with Crippen LogP contribution in [-0.4, -0.2) is 46.0 Å². The second-order valence-electron chi connectivity index (χ2n) is 3.95. The molecule has 1 aromatic rings. The van der Waals surface area contributed by atoms with Crippen LogP contribution in [0.4, 0.5) is 0 Å². The molecule has 0 atom stereocenters. The summed E-state index contributed by atoms with van der Waals surface area (Å²) in [6, 6.07) is 0. The molecule has 9 nitrogen and oxygen atoms in total. The van der Waals surface area contributed by atoms with Crippen molar-refractivity contribution in [2.45, 2.75) is 12.1 Å². The van der Waals surface area contributed by atoms with Gasteiger partial charge >= 0.3 is 0 Å². The van der Waals surface area contributed by atoms with Crippen molar-refractivity contribution in [1.82, 2.24) is 0 Å². The Hall–Kier alpha value is -2.20. The largest absolute Gasteiger partial charge is 0.504 e. The van der Waals surface area contributed by atoms with Crippen LogP contribution in [0.1, 0.15) is 23.0 Å². The smallest absolute Gasteiger partial charge is 0.258 e. The summed E-state index contributed by atoms with van der Waals surface area (Å²) in [6.45, 7) is 0. The van der Waals surface area contributed by atoms with E-state index in [0.717, 1.165) is 0 Å². The van der Waals surface area contributed by atoms with Crippen molar-refractivity contribution in [3.63, 3.8) is 0 Å². The Morgan fingerprint density at radius 2 is 1.32 bits per heavy atom. The van der Waals surface area contributed by atoms with Gasteiger partial charge in [-0.15, -0.1) is 0 Å². The van der Waals surface area contributed by atoms with Gasteiger partial charge < -0.3 is 46.0 Å². The maximum absolute atomic E-state index is 9.56. The van der Waals surface area contributed by atoms with Crippen LogP contribution in [-0.2, 0) is 5.79 Å². The molecule has 0 aliphatic heterocycles. The molecule has 0 bridgehead atoms. The Balaban J connectivity index is 2.99. The van der Waals surface area contributed by atoms with E-state index in [2.05, 4.69) is 0 Å². The first kappa shape index (κ1) is 13.2. The number of aliphatic hydroxyl groups excluding tert-OH is 3. The topological polar surface area (TPSA) is 182 Å². The molecule has 19 heavy (non-hydrogen) atoms. The number of rotatable bonds is 1. The molecular formula is C10H10O9. The van der Waals surface area contributed by atoms with Crippen molar-refractivity contribution in [3.05, 3.63) is 22.4 Å². The molecule has 1 aliphatic carbocycles. The summed E-state index contributed by atoms with van der Waals surface area (Å²) in [7, 11) is 0. The Morgan fingerprint density at radius 3 is 1.79 bits per heavy atom. The van der Waals surface area contributed by atoms with E-state index >= 15 is 0 Å². The molecule has 0 saturated carbocycles. The predicted molar refractivity (Wildman–Crippen MR) is 56.9 cm³/mol. The Kier molecular flexibility index (Phi) is 2.54. The van der Waals surface area contributed by atoms with Gasteiger partial charge in [0.1, 0.15) is 0 Å². The Bertz CT molecular complexity index is 600. The quantitative estimate of drug-likeness (QED) is 0.222. The van der Waals surface area contributed by atoms with E-state index in [1.165, 1.54) is 0 Å². The fraction of sp³-hybridized carbons (Fsp3) is 0.200. The second kappa shape index (κ2) is 3.65. The molecule has 0 heterocycles. The van der Waals surface area contributed by atoms with E-state index in [-0.39, 0.29) is 0 Å². The number of benzene rings is 1. The molecule has 0 radical (unpaired) electrons. The maximum atomic E-state index is 9.56. The second-order valence-corrected chi connectivity index (χ2v) is 3.95. The molecule has 0 aromatic heterocycles. The summed E-state index contributed by atoms with van der Waals surface area (Å²) >= 11 is 0. The van der Waals surface area contributed by atoms with Gasteiger partial charge in [-0.25, -0.2) is 0 Å². The summed E-state index contributed by atoms with van der Waals surface area (Å²) < 4.78 is 0. The molecule has 104 valence electrons. The van der Waals surface area contributed by atoms with Gasteiger partial charge in [0.05, 0.1) is 11.1 Å². The third kappa shape index (κ3) is 1.43. The van der Waals surface area contributed by atoms with Crippen molar-refractivity contribution in [3.8, 4) is 17.2 Å². The van der Waals surface area contributed by atoms with Crippen molar-refractivity contribution in [2.24, 2.45) is 0 Å². The molecule has 0 fully saturated rings. The van der Waals surface area contributed by atoms with Crippen LogP contribution in [0, 0.1) is 0 Å². The molecule has 0 spiro atoms. The monoisotopic (exact) mass is 274 g/mol. The predicted octanol–water partition coefficient (Wildman–Crippen LogP) is -1.28. The average Bonchev–Trinajstić information content (AvgIpc) is 2.48. The molecular weight excluding hydrogens is 264 g/mol. The summed E-state index contributed by atoms with van der Waals surface area (Å²) in [5.74, 6) is -9.53. The van der Waals surface area contributed by atoms with E-state index in [1.807, 2.05) is 0 Å². The number of aliphatic hydroxyl groups is 6. The average molecular weight is 274 g/mol. The van der Waals surface area contributed by atoms with E-state index < -0.39 is 57.5 Å². The van der Waals surface area contributed by atoms with Crippen molar-refractivity contribution in [2.75, 3.05) is 0 Å². The van der Waals surface area contributed by atoms with Crippen molar-refractivity contribution >= 4 is 5.76 Å². The number of fused-ring (bicyclic) bond motifs is 1. The minimum Gasteiger partial charge on any atom is -0.504 e. The number of hydrogen-bond acceptors (Lipinski definition) is 9. The molecule has 0 amide bonds. The number of phenols is 3. The minimum atomic E-state index is -3.25. The van der Waals surface area contributed by atoms with Gasteiger partial charge in [-0.2, -0.15) is 0 Å². The lowest BCUT2D eigenvalue weighted by molar-refractivity contribution is -0.158. The summed E-state index contributed by atoms with van der Waals surface area (Å²) in [6.07, 6.45) is -2.43. The van der Waals surface area contributed by atoms with Crippen LogP contribution in [0.25, 0.3) is 5.76 Å². The molecule has 0 unspecified atom stereocenters. The van der Waals surface area contributed by atoms with Crippen molar-refractivity contribution in [1.29, 1.82) is 0 Å². The first-order valence-electron chi connectivity index (χ1n) is 4.87. The molecule has 0 saturated heterocycles. The molecule has 2 rings (SSSR count). The highest BCUT2D eigenvalue weighted by molar-refractivity contribution is 5.81. The number of phenolic OH excluding ortho intramolecular Hbond substituents is 3. The maximum Gasteiger partial charge on any atom is 0.258 e. The van der Waals surface area contributed by atoms with Crippen LogP contribution >= 0.6 is 0 Å². The van der Waals surface area contributed by atoms with Gasteiger partial charge in [0.25, 0.3) is 5.79 Å². The molecule has 1 aliphatic rings. The third-order valence-electron chi connectivity index (χ3n) is 2.86. The summed E-state index contributed by atoms with van der Waals surface area (Å²) in [4.78, 5) is 0. The zero-order valence-electron chi connectivity index (χ0n) is 9.10. The molecule has 1 aromatic carbocycles. The zero-order chi connectivity index (χ0) is 14.7. The van der Waals surface area contributed by atoms with Crippen molar-refractivity contribution < 1.29 is 46.0 Å². The lowest BCUT2D eigenvalue weighted by Gasteiger charge is -2.20. The Labute approximate surface area is 104 Å². The van der Waals surface area contributed by atoms with Crippen LogP contribution < -0.4 is 0 Å². The lowest BCUT2D eigenvalue weighted by Crippen LogP contribution is -2.25. The first-order valence-corrected chi connectivity index (χ1v) is 4.87. The number of hydrogen-bond donors (Lipinski definition) is 9. The van der Waals surface area contributed by atoms with Gasteiger partial charge in [0, 0.05) is 5.56 Å². The third-order valence-corrected chi connectivity index (χ3v) is 2.86. The molecule has 9 heteroatoms. The SMILES string of the molecule is OC1=C(O)C(O)(O)c2c(O)c(O)c(O)c(C(O)O)c21. The van der Waals surface area contributed by atoms with Gasteiger partial charge in [-0.05, 0) is 0 Å². The summed E-state index contributed by atoms with van der Waals surface area (Å²) in [5, 5.41) is 84.6. The van der Waals surface area contributed by atoms with Crippen LogP contribution in [0.5, 0.6) is 17.2 Å². The Morgan fingerprint density at radius 1 is 0.789 bits per heavy atom. The normalized spacial score (nSPS) is 17.1. The fourth-order valence-corrected chi connectivity index (χ4v) is 1.97. The highest BCUT2D eigenvalue weighted by atomic mass is 16.5. The standard InChI is InChI=1S/C10H10O9/c11-4-2(9(16)17)1-3(6(13)7(4)14)10(18,19)8(15)5(1)12/h9,11-19H. The fourth-order valence-electron chi connectivity index (χ4n) is 1.97.